The molecule has 2 saturated carbocycles. The summed E-state index contributed by atoms with van der Waals surface area (Å²) in [6, 6.07) is 0. The van der Waals surface area contributed by atoms with Crippen LogP contribution in [0, 0.1) is 22.7 Å². The molecule has 0 aromatic heterocycles. The highest BCUT2D eigenvalue weighted by molar-refractivity contribution is 5.59. The van der Waals surface area contributed by atoms with E-state index in [0.29, 0.717) is 24.7 Å². The summed E-state index contributed by atoms with van der Waals surface area (Å²) >= 11 is 0. The molecule has 0 unspecified atom stereocenters. The van der Waals surface area contributed by atoms with E-state index in [-0.39, 0.29) is 23.0 Å². The fraction of sp³-hybridized carbons (Fsp3) is 0.933. The van der Waals surface area contributed by atoms with Gasteiger partial charge in [0.25, 0.3) is 0 Å². The summed E-state index contributed by atoms with van der Waals surface area (Å²) < 4.78 is 10.9. The van der Waals surface area contributed by atoms with Crippen LogP contribution in [0.2, 0.25) is 0 Å². The molecule has 2 rings (SSSR count). The summed E-state index contributed by atoms with van der Waals surface area (Å²) in [7, 11) is 0. The van der Waals surface area contributed by atoms with Gasteiger partial charge >= 0.3 is 12.3 Å². The molecule has 0 spiro atoms. The molecule has 8 nitrogen and oxygen atoms in total. The van der Waals surface area contributed by atoms with E-state index in [2.05, 4.69) is 41.5 Å². The van der Waals surface area contributed by atoms with Crippen molar-refractivity contribution in [2.75, 3.05) is 0 Å². The molecule has 8 heteroatoms. The average molecular weight is 543 g/mol. The smallest absolute Gasteiger partial charge is 0.429 e. The second-order valence-corrected chi connectivity index (χ2v) is 14.8. The molecule has 0 N–H and O–H groups in total. The minimum Gasteiger partial charge on any atom is -0.429 e. The minimum absolute atomic E-state index is 0.134. The van der Waals surface area contributed by atoms with Crippen LogP contribution in [-0.2, 0) is 29.0 Å². The van der Waals surface area contributed by atoms with Crippen molar-refractivity contribution in [1.82, 2.24) is 0 Å². The van der Waals surface area contributed by atoms with Crippen molar-refractivity contribution in [1.29, 1.82) is 0 Å². The lowest BCUT2D eigenvalue weighted by molar-refractivity contribution is -0.336. The topological polar surface area (TPSA) is 89.5 Å². The third-order valence-corrected chi connectivity index (χ3v) is 8.32. The van der Waals surface area contributed by atoms with Gasteiger partial charge in [0, 0.05) is 0 Å². The lowest BCUT2D eigenvalue weighted by atomic mass is 9.72. The van der Waals surface area contributed by atoms with Crippen LogP contribution < -0.4 is 0 Å². The first-order chi connectivity index (χ1) is 17.4. The maximum atomic E-state index is 12.2. The fourth-order valence-electron chi connectivity index (χ4n) is 5.38. The van der Waals surface area contributed by atoms with Gasteiger partial charge in [-0.05, 0) is 115 Å². The fourth-order valence-corrected chi connectivity index (χ4v) is 5.38. The summed E-state index contributed by atoms with van der Waals surface area (Å²) in [4.78, 5) is 45.1. The standard InChI is InChI=1S/C30H54O8/c1-27(2,3)21-11-15-23(16-12-21)33-25(31)35-37-29(7,8)19-20-30(9,10)38-36-26(32)34-24-17-13-22(14-18-24)28(4,5)6/h21-24H,11-20H2,1-10H3. The van der Waals surface area contributed by atoms with Gasteiger partial charge in [-0.3, -0.25) is 9.78 Å². The van der Waals surface area contributed by atoms with Gasteiger partial charge in [0.05, 0.1) is 0 Å². The monoisotopic (exact) mass is 542 g/mol. The molecule has 222 valence electrons. The Labute approximate surface area is 230 Å². The van der Waals surface area contributed by atoms with E-state index in [4.69, 9.17) is 29.0 Å². The van der Waals surface area contributed by atoms with Crippen molar-refractivity contribution in [2.45, 2.75) is 157 Å². The number of carbonyl (C=O) groups excluding carboxylic acids is 2. The molecule has 2 aliphatic rings. The van der Waals surface area contributed by atoms with Crippen molar-refractivity contribution in [3.8, 4) is 0 Å². The molecule has 0 radical (unpaired) electrons. The lowest BCUT2D eigenvalue weighted by Crippen LogP contribution is -2.34. The molecular formula is C30H54O8. The number of rotatable bonds is 9. The summed E-state index contributed by atoms with van der Waals surface area (Å²) in [6.45, 7) is 20.8. The van der Waals surface area contributed by atoms with E-state index >= 15 is 0 Å². The van der Waals surface area contributed by atoms with E-state index in [9.17, 15) is 9.59 Å². The predicted molar refractivity (Wildman–Crippen MR) is 145 cm³/mol. The summed E-state index contributed by atoms with van der Waals surface area (Å²) in [6.07, 6.45) is 6.60. The first kappa shape index (κ1) is 32.7. The molecule has 0 aromatic carbocycles. The van der Waals surface area contributed by atoms with Crippen LogP contribution in [0.15, 0.2) is 0 Å². The third kappa shape index (κ3) is 11.7. The molecule has 2 aliphatic carbocycles. The van der Waals surface area contributed by atoms with Crippen LogP contribution in [0.3, 0.4) is 0 Å². The molecule has 0 heterocycles. The Hall–Kier alpha value is -1.54. The van der Waals surface area contributed by atoms with Crippen molar-refractivity contribution >= 4 is 12.3 Å². The van der Waals surface area contributed by atoms with Crippen LogP contribution in [0.1, 0.15) is 133 Å². The Bertz CT molecular complexity index is 681. The first-order valence-electron chi connectivity index (χ1n) is 14.5. The van der Waals surface area contributed by atoms with Gasteiger partial charge in [0.15, 0.2) is 0 Å². The SMILES string of the molecule is CC(C)(CCC(C)(C)OOC(=O)OC1CCC(C(C)(C)C)CC1)OOC(=O)OC1CCC(C(C)(C)C)CC1. The van der Waals surface area contributed by atoms with Crippen molar-refractivity contribution in [2.24, 2.45) is 22.7 Å². The highest BCUT2D eigenvalue weighted by Gasteiger charge is 2.34. The molecule has 38 heavy (non-hydrogen) atoms. The first-order valence-corrected chi connectivity index (χ1v) is 14.5. The zero-order chi connectivity index (χ0) is 28.8. The normalized spacial score (nSPS) is 25.4. The largest absolute Gasteiger partial charge is 0.540 e. The van der Waals surface area contributed by atoms with Crippen LogP contribution in [0.25, 0.3) is 0 Å². The average Bonchev–Trinajstić information content (AvgIpc) is 2.80. The Kier molecular flexibility index (Phi) is 11.4. The second kappa shape index (κ2) is 13.2. The van der Waals surface area contributed by atoms with Gasteiger partial charge in [-0.1, -0.05) is 41.5 Å². The molecular weight excluding hydrogens is 488 g/mol. The highest BCUT2D eigenvalue weighted by Crippen LogP contribution is 2.39. The van der Waals surface area contributed by atoms with Gasteiger partial charge in [0.1, 0.15) is 23.4 Å². The number of hydrogen-bond donors (Lipinski definition) is 0. The van der Waals surface area contributed by atoms with E-state index in [1.54, 1.807) is 0 Å². The highest BCUT2D eigenvalue weighted by atomic mass is 17.2. The molecule has 0 atom stereocenters. The Balaban J connectivity index is 1.64. The summed E-state index contributed by atoms with van der Waals surface area (Å²) in [5.41, 5.74) is -1.02. The lowest BCUT2D eigenvalue weighted by Gasteiger charge is -2.36. The molecule has 2 fully saturated rings. The molecule has 0 bridgehead atoms. The zero-order valence-electron chi connectivity index (χ0n) is 25.6. The Morgan fingerprint density at radius 1 is 0.526 bits per heavy atom. The molecule has 0 saturated heterocycles. The molecule has 0 amide bonds. The predicted octanol–water partition coefficient (Wildman–Crippen LogP) is 8.70. The zero-order valence-corrected chi connectivity index (χ0v) is 25.6. The number of hydrogen-bond acceptors (Lipinski definition) is 8. The second-order valence-electron chi connectivity index (χ2n) is 14.8. The third-order valence-electron chi connectivity index (χ3n) is 8.32. The van der Waals surface area contributed by atoms with Crippen molar-refractivity contribution in [3.63, 3.8) is 0 Å². The van der Waals surface area contributed by atoms with Crippen LogP contribution >= 0.6 is 0 Å². The van der Waals surface area contributed by atoms with E-state index in [1.165, 1.54) is 0 Å². The van der Waals surface area contributed by atoms with Gasteiger partial charge in [-0.15, -0.1) is 0 Å². The van der Waals surface area contributed by atoms with Crippen molar-refractivity contribution in [3.05, 3.63) is 0 Å². The molecule has 0 aromatic rings. The number of carbonyl (C=O) groups is 2. The van der Waals surface area contributed by atoms with E-state index in [0.717, 1.165) is 51.4 Å². The maximum absolute atomic E-state index is 12.2. The van der Waals surface area contributed by atoms with Crippen LogP contribution in [0.4, 0.5) is 9.59 Å². The minimum atomic E-state index is -0.810. The quantitative estimate of drug-likeness (QED) is 0.162. The Morgan fingerprint density at radius 3 is 1.08 bits per heavy atom. The maximum Gasteiger partial charge on any atom is 0.540 e. The van der Waals surface area contributed by atoms with E-state index in [1.807, 2.05) is 27.7 Å². The van der Waals surface area contributed by atoms with Gasteiger partial charge < -0.3 is 9.47 Å². The molecule has 0 aliphatic heterocycles. The van der Waals surface area contributed by atoms with Crippen LogP contribution in [0.5, 0.6) is 0 Å². The summed E-state index contributed by atoms with van der Waals surface area (Å²) in [5, 5.41) is 0. The van der Waals surface area contributed by atoms with Gasteiger partial charge in [-0.25, -0.2) is 9.59 Å². The van der Waals surface area contributed by atoms with E-state index < -0.39 is 23.5 Å². The van der Waals surface area contributed by atoms with Crippen molar-refractivity contribution < 1.29 is 38.6 Å². The number of ether oxygens (including phenoxy) is 2. The van der Waals surface area contributed by atoms with Crippen LogP contribution in [-0.4, -0.2) is 35.7 Å². The summed E-state index contributed by atoms with van der Waals surface area (Å²) in [5.74, 6) is 1.27. The van der Waals surface area contributed by atoms with Gasteiger partial charge in [-0.2, -0.15) is 9.78 Å². The Morgan fingerprint density at radius 2 is 0.816 bits per heavy atom. The van der Waals surface area contributed by atoms with Gasteiger partial charge in [0.2, 0.25) is 0 Å².